The second-order valence-corrected chi connectivity index (χ2v) is 4.66. The first-order valence-electron chi connectivity index (χ1n) is 4.89. The Kier molecular flexibility index (Phi) is 3.90. The number of rotatable bonds is 3. The number of aromatic nitrogens is 2. The van der Waals surface area contributed by atoms with Gasteiger partial charge in [-0.1, -0.05) is 13.8 Å². The van der Waals surface area contributed by atoms with E-state index >= 15 is 0 Å². The van der Waals surface area contributed by atoms with Crippen molar-refractivity contribution in [3.05, 3.63) is 10.2 Å². The number of anilines is 2. The molecule has 15 heavy (non-hydrogen) atoms. The molecule has 0 radical (unpaired) electrons. The van der Waals surface area contributed by atoms with Gasteiger partial charge in [-0.25, -0.2) is 4.98 Å². The van der Waals surface area contributed by atoms with E-state index < -0.39 is 0 Å². The fourth-order valence-corrected chi connectivity index (χ4v) is 2.03. The second-order valence-electron chi connectivity index (χ2n) is 3.87. The van der Waals surface area contributed by atoms with Gasteiger partial charge in [-0.15, -0.1) is 0 Å². The Hall–Kier alpha value is -0.840. The SMILES string of the molecule is CNc1nc(N(C)C)nc(C(C)C)c1Br. The first-order chi connectivity index (χ1) is 6.97. The van der Waals surface area contributed by atoms with Crippen LogP contribution in [0.1, 0.15) is 25.5 Å². The molecule has 0 aliphatic rings. The Morgan fingerprint density at radius 1 is 1.27 bits per heavy atom. The fourth-order valence-electron chi connectivity index (χ4n) is 1.20. The molecule has 4 nitrogen and oxygen atoms in total. The molecule has 0 aliphatic heterocycles. The Labute approximate surface area is 99.2 Å². The summed E-state index contributed by atoms with van der Waals surface area (Å²) in [6, 6.07) is 0. The van der Waals surface area contributed by atoms with E-state index in [0.29, 0.717) is 5.92 Å². The van der Waals surface area contributed by atoms with Crippen molar-refractivity contribution in [1.29, 1.82) is 0 Å². The van der Waals surface area contributed by atoms with Gasteiger partial charge in [0.2, 0.25) is 5.95 Å². The molecule has 0 fully saturated rings. The first-order valence-corrected chi connectivity index (χ1v) is 5.69. The lowest BCUT2D eigenvalue weighted by Gasteiger charge is -2.16. The van der Waals surface area contributed by atoms with Crippen molar-refractivity contribution >= 4 is 27.7 Å². The third-order valence-electron chi connectivity index (χ3n) is 2.05. The summed E-state index contributed by atoms with van der Waals surface area (Å²) in [7, 11) is 5.73. The van der Waals surface area contributed by atoms with E-state index in [2.05, 4.69) is 45.1 Å². The summed E-state index contributed by atoms with van der Waals surface area (Å²) in [4.78, 5) is 10.8. The van der Waals surface area contributed by atoms with Gasteiger partial charge in [-0.3, -0.25) is 0 Å². The lowest BCUT2D eigenvalue weighted by atomic mass is 10.1. The molecule has 1 rings (SSSR count). The molecule has 0 saturated heterocycles. The van der Waals surface area contributed by atoms with Crippen LogP contribution in [0.15, 0.2) is 4.47 Å². The third kappa shape index (κ3) is 2.59. The summed E-state index contributed by atoms with van der Waals surface area (Å²) >= 11 is 3.52. The smallest absolute Gasteiger partial charge is 0.227 e. The summed E-state index contributed by atoms with van der Waals surface area (Å²) in [5, 5.41) is 3.06. The zero-order chi connectivity index (χ0) is 11.6. The molecule has 1 heterocycles. The molecule has 0 bridgehead atoms. The van der Waals surface area contributed by atoms with Crippen LogP contribution in [0.5, 0.6) is 0 Å². The third-order valence-corrected chi connectivity index (χ3v) is 2.83. The van der Waals surface area contributed by atoms with Crippen molar-refractivity contribution in [3.8, 4) is 0 Å². The standard InChI is InChI=1S/C10H17BrN4/c1-6(2)8-7(11)9(12-3)14-10(13-8)15(4)5/h6H,1-5H3,(H,12,13,14). The van der Waals surface area contributed by atoms with Crippen LogP contribution in [0.25, 0.3) is 0 Å². The van der Waals surface area contributed by atoms with E-state index in [1.54, 1.807) is 0 Å². The highest BCUT2D eigenvalue weighted by Gasteiger charge is 2.14. The van der Waals surface area contributed by atoms with Gasteiger partial charge >= 0.3 is 0 Å². The number of nitrogens with one attached hydrogen (secondary N) is 1. The molecular weight excluding hydrogens is 256 g/mol. The Balaban J connectivity index is 3.32. The van der Waals surface area contributed by atoms with Crippen LogP contribution in [-0.2, 0) is 0 Å². The molecule has 5 heteroatoms. The highest BCUT2D eigenvalue weighted by Crippen LogP contribution is 2.30. The number of halogens is 1. The van der Waals surface area contributed by atoms with Gasteiger partial charge in [0.25, 0.3) is 0 Å². The monoisotopic (exact) mass is 272 g/mol. The maximum absolute atomic E-state index is 4.51. The van der Waals surface area contributed by atoms with Crippen molar-refractivity contribution in [3.63, 3.8) is 0 Å². The lowest BCUT2D eigenvalue weighted by molar-refractivity contribution is 0.800. The largest absolute Gasteiger partial charge is 0.372 e. The summed E-state index contributed by atoms with van der Waals surface area (Å²) < 4.78 is 0.950. The molecular formula is C10H17BrN4. The van der Waals surface area contributed by atoms with Gasteiger partial charge in [0.15, 0.2) is 0 Å². The minimum absolute atomic E-state index is 0.369. The van der Waals surface area contributed by atoms with Crippen LogP contribution in [-0.4, -0.2) is 31.1 Å². The number of hydrogen-bond acceptors (Lipinski definition) is 4. The van der Waals surface area contributed by atoms with Crippen molar-refractivity contribution in [2.24, 2.45) is 0 Å². The van der Waals surface area contributed by atoms with E-state index in [0.717, 1.165) is 21.9 Å². The van der Waals surface area contributed by atoms with Crippen molar-refractivity contribution in [1.82, 2.24) is 9.97 Å². The van der Waals surface area contributed by atoms with Crippen LogP contribution in [0.2, 0.25) is 0 Å². The van der Waals surface area contributed by atoms with Crippen molar-refractivity contribution in [2.75, 3.05) is 31.4 Å². The molecule has 0 aliphatic carbocycles. The van der Waals surface area contributed by atoms with E-state index in [1.165, 1.54) is 0 Å². The maximum Gasteiger partial charge on any atom is 0.227 e. The van der Waals surface area contributed by atoms with Gasteiger partial charge in [-0.05, 0) is 21.8 Å². The highest BCUT2D eigenvalue weighted by atomic mass is 79.9. The molecule has 1 aromatic rings. The van der Waals surface area contributed by atoms with Crippen LogP contribution < -0.4 is 10.2 Å². The normalized spacial score (nSPS) is 10.6. The van der Waals surface area contributed by atoms with E-state index in [4.69, 9.17) is 0 Å². The van der Waals surface area contributed by atoms with E-state index in [9.17, 15) is 0 Å². The Morgan fingerprint density at radius 2 is 1.87 bits per heavy atom. The predicted molar refractivity (Wildman–Crippen MR) is 67.7 cm³/mol. The Morgan fingerprint density at radius 3 is 2.27 bits per heavy atom. The maximum atomic E-state index is 4.51. The van der Waals surface area contributed by atoms with Gasteiger partial charge in [-0.2, -0.15) is 4.98 Å². The van der Waals surface area contributed by atoms with Crippen LogP contribution in [0.4, 0.5) is 11.8 Å². The summed E-state index contributed by atoms with van der Waals surface area (Å²) in [5.74, 6) is 1.93. The van der Waals surface area contributed by atoms with Gasteiger partial charge in [0.1, 0.15) is 5.82 Å². The number of hydrogen-bond donors (Lipinski definition) is 1. The molecule has 0 amide bonds. The Bertz CT molecular complexity index is 350. The zero-order valence-electron chi connectivity index (χ0n) is 9.80. The molecule has 84 valence electrons. The average molecular weight is 273 g/mol. The minimum atomic E-state index is 0.369. The van der Waals surface area contributed by atoms with E-state index in [1.807, 2.05) is 26.0 Å². The van der Waals surface area contributed by atoms with Crippen molar-refractivity contribution < 1.29 is 0 Å². The summed E-state index contributed by atoms with van der Waals surface area (Å²) in [5.41, 5.74) is 1.03. The topological polar surface area (TPSA) is 41.1 Å². The molecule has 1 aromatic heterocycles. The highest BCUT2D eigenvalue weighted by molar-refractivity contribution is 9.10. The van der Waals surface area contributed by atoms with Gasteiger partial charge < -0.3 is 10.2 Å². The number of nitrogens with zero attached hydrogens (tertiary/aromatic N) is 3. The van der Waals surface area contributed by atoms with Crippen molar-refractivity contribution in [2.45, 2.75) is 19.8 Å². The molecule has 0 unspecified atom stereocenters. The minimum Gasteiger partial charge on any atom is -0.372 e. The predicted octanol–water partition coefficient (Wildman–Crippen LogP) is 2.47. The fraction of sp³-hybridized carbons (Fsp3) is 0.600. The molecule has 0 saturated carbocycles. The van der Waals surface area contributed by atoms with Crippen LogP contribution in [0, 0.1) is 0 Å². The zero-order valence-corrected chi connectivity index (χ0v) is 11.4. The molecule has 0 atom stereocenters. The quantitative estimate of drug-likeness (QED) is 0.918. The summed E-state index contributed by atoms with van der Waals surface area (Å²) in [6.45, 7) is 4.23. The molecule has 0 spiro atoms. The lowest BCUT2D eigenvalue weighted by Crippen LogP contribution is -2.15. The first kappa shape index (κ1) is 12.2. The average Bonchev–Trinajstić information content (AvgIpc) is 2.17. The summed E-state index contributed by atoms with van der Waals surface area (Å²) in [6.07, 6.45) is 0. The van der Waals surface area contributed by atoms with E-state index in [-0.39, 0.29) is 0 Å². The molecule has 0 aromatic carbocycles. The molecule has 1 N–H and O–H groups in total. The van der Waals surface area contributed by atoms with Crippen LogP contribution in [0.3, 0.4) is 0 Å². The second kappa shape index (κ2) is 4.79. The van der Waals surface area contributed by atoms with Gasteiger partial charge in [0.05, 0.1) is 10.2 Å². The van der Waals surface area contributed by atoms with Gasteiger partial charge in [0, 0.05) is 21.1 Å². The van der Waals surface area contributed by atoms with Crippen LogP contribution >= 0.6 is 15.9 Å².